The van der Waals surface area contributed by atoms with Crippen molar-refractivity contribution in [2.45, 2.75) is 9.92 Å². The van der Waals surface area contributed by atoms with E-state index in [2.05, 4.69) is 15.0 Å². The van der Waals surface area contributed by atoms with Gasteiger partial charge in [-0.2, -0.15) is 0 Å². The van der Waals surface area contributed by atoms with E-state index in [-0.39, 0.29) is 5.69 Å². The zero-order chi connectivity index (χ0) is 13.2. The molecule has 0 aliphatic heterocycles. The van der Waals surface area contributed by atoms with Gasteiger partial charge in [0.05, 0.1) is 0 Å². The Bertz CT molecular complexity index is 757. The molecule has 0 aromatic carbocycles. The van der Waals surface area contributed by atoms with Crippen molar-refractivity contribution in [3.8, 4) is 0 Å². The molecule has 0 aliphatic rings. The number of hydrogen-bond donors (Lipinski definition) is 1. The standard InChI is InChI=1S/C12H7N3O2S2/c16-12(17)9-5-7(1-3-13-9)19-11-8-2-4-18-10(8)14-6-15-11/h1-6H,(H,16,17). The summed E-state index contributed by atoms with van der Waals surface area (Å²) >= 11 is 2.95. The third-order valence-electron chi connectivity index (χ3n) is 2.39. The molecule has 3 aromatic heterocycles. The second kappa shape index (κ2) is 4.94. The van der Waals surface area contributed by atoms with Crippen molar-refractivity contribution in [3.05, 3.63) is 41.8 Å². The fourth-order valence-corrected chi connectivity index (χ4v) is 3.25. The van der Waals surface area contributed by atoms with Crippen LogP contribution in [0.1, 0.15) is 10.5 Å². The van der Waals surface area contributed by atoms with E-state index in [0.717, 1.165) is 20.1 Å². The number of carboxylic acids is 1. The first-order chi connectivity index (χ1) is 9.24. The summed E-state index contributed by atoms with van der Waals surface area (Å²) in [6.45, 7) is 0. The molecule has 3 rings (SSSR count). The predicted molar refractivity (Wildman–Crippen MR) is 72.7 cm³/mol. The van der Waals surface area contributed by atoms with Crippen LogP contribution in [0, 0.1) is 0 Å². The fraction of sp³-hybridized carbons (Fsp3) is 0. The van der Waals surface area contributed by atoms with Gasteiger partial charge in [0.15, 0.2) is 0 Å². The first kappa shape index (κ1) is 12.1. The lowest BCUT2D eigenvalue weighted by atomic mass is 10.3. The average Bonchev–Trinajstić information content (AvgIpc) is 2.88. The van der Waals surface area contributed by atoms with Gasteiger partial charge < -0.3 is 5.11 Å². The maximum Gasteiger partial charge on any atom is 0.354 e. The molecule has 0 saturated heterocycles. The van der Waals surface area contributed by atoms with Crippen LogP contribution in [-0.4, -0.2) is 26.0 Å². The summed E-state index contributed by atoms with van der Waals surface area (Å²) in [5.41, 5.74) is 0.0284. The molecule has 19 heavy (non-hydrogen) atoms. The topological polar surface area (TPSA) is 76.0 Å². The Morgan fingerprint density at radius 2 is 2.16 bits per heavy atom. The van der Waals surface area contributed by atoms with Gasteiger partial charge in [-0.1, -0.05) is 11.8 Å². The quantitative estimate of drug-likeness (QED) is 0.747. The maximum absolute atomic E-state index is 10.9. The minimum atomic E-state index is -1.04. The van der Waals surface area contributed by atoms with Crippen LogP contribution in [0.5, 0.6) is 0 Å². The van der Waals surface area contributed by atoms with Crippen molar-refractivity contribution in [1.29, 1.82) is 0 Å². The van der Waals surface area contributed by atoms with Crippen molar-refractivity contribution >= 4 is 39.3 Å². The summed E-state index contributed by atoms with van der Waals surface area (Å²) in [5.74, 6) is -1.04. The first-order valence-corrected chi connectivity index (χ1v) is 6.99. The Labute approximate surface area is 116 Å². The number of nitrogens with zero attached hydrogens (tertiary/aromatic N) is 3. The van der Waals surface area contributed by atoms with Crippen LogP contribution in [0.3, 0.4) is 0 Å². The van der Waals surface area contributed by atoms with E-state index in [1.54, 1.807) is 17.4 Å². The van der Waals surface area contributed by atoms with Gasteiger partial charge in [-0.3, -0.25) is 0 Å². The predicted octanol–water partition coefficient (Wildman–Crippen LogP) is 2.94. The van der Waals surface area contributed by atoms with Crippen molar-refractivity contribution in [2.75, 3.05) is 0 Å². The number of pyridine rings is 1. The molecule has 3 aromatic rings. The molecule has 0 fully saturated rings. The fourth-order valence-electron chi connectivity index (χ4n) is 1.55. The highest BCUT2D eigenvalue weighted by molar-refractivity contribution is 7.99. The number of aromatic carboxylic acids is 1. The number of thiophene rings is 1. The highest BCUT2D eigenvalue weighted by Crippen LogP contribution is 2.32. The summed E-state index contributed by atoms with van der Waals surface area (Å²) in [7, 11) is 0. The number of rotatable bonds is 3. The lowest BCUT2D eigenvalue weighted by Gasteiger charge is -2.02. The zero-order valence-electron chi connectivity index (χ0n) is 9.48. The molecule has 1 N–H and O–H groups in total. The van der Waals surface area contributed by atoms with E-state index >= 15 is 0 Å². The van der Waals surface area contributed by atoms with Gasteiger partial charge in [0, 0.05) is 16.5 Å². The molecule has 0 amide bonds. The van der Waals surface area contributed by atoms with Gasteiger partial charge in [-0.25, -0.2) is 19.7 Å². The van der Waals surface area contributed by atoms with Crippen LogP contribution in [-0.2, 0) is 0 Å². The number of fused-ring (bicyclic) bond motifs is 1. The second-order valence-electron chi connectivity index (χ2n) is 3.60. The Morgan fingerprint density at radius 3 is 3.00 bits per heavy atom. The molecule has 5 nitrogen and oxygen atoms in total. The van der Waals surface area contributed by atoms with E-state index in [0.29, 0.717) is 0 Å². The average molecular weight is 289 g/mol. The van der Waals surface area contributed by atoms with Gasteiger partial charge in [0.25, 0.3) is 0 Å². The molecule has 0 atom stereocenters. The normalized spacial score (nSPS) is 10.7. The minimum Gasteiger partial charge on any atom is -0.477 e. The van der Waals surface area contributed by atoms with Gasteiger partial charge >= 0.3 is 5.97 Å². The monoisotopic (exact) mass is 289 g/mol. The third-order valence-corrected chi connectivity index (χ3v) is 4.22. The zero-order valence-corrected chi connectivity index (χ0v) is 11.1. The summed E-state index contributed by atoms with van der Waals surface area (Å²) in [6.07, 6.45) is 3.00. The molecule has 0 bridgehead atoms. The Morgan fingerprint density at radius 1 is 1.26 bits per heavy atom. The van der Waals surface area contributed by atoms with Crippen molar-refractivity contribution < 1.29 is 9.90 Å². The molecular formula is C12H7N3O2S2. The SMILES string of the molecule is O=C(O)c1cc(Sc2ncnc3sccc23)ccn1. The van der Waals surface area contributed by atoms with Crippen LogP contribution in [0.25, 0.3) is 10.2 Å². The Kier molecular flexibility index (Phi) is 3.14. The number of carbonyl (C=O) groups is 1. The van der Waals surface area contributed by atoms with E-state index in [1.165, 1.54) is 30.4 Å². The van der Waals surface area contributed by atoms with Crippen LogP contribution < -0.4 is 0 Å². The Hall–Kier alpha value is -1.99. The number of carboxylic acid groups (broad SMARTS) is 1. The smallest absolute Gasteiger partial charge is 0.354 e. The summed E-state index contributed by atoms with van der Waals surface area (Å²) in [5, 5.41) is 12.7. The van der Waals surface area contributed by atoms with E-state index in [4.69, 9.17) is 5.11 Å². The lowest BCUT2D eigenvalue weighted by molar-refractivity contribution is 0.0690. The molecule has 0 saturated carbocycles. The van der Waals surface area contributed by atoms with Gasteiger partial charge in [-0.05, 0) is 23.6 Å². The molecule has 0 unspecified atom stereocenters. The molecule has 94 valence electrons. The first-order valence-electron chi connectivity index (χ1n) is 5.29. The molecule has 3 heterocycles. The van der Waals surface area contributed by atoms with Crippen LogP contribution in [0.15, 0.2) is 46.0 Å². The van der Waals surface area contributed by atoms with Crippen molar-refractivity contribution in [3.63, 3.8) is 0 Å². The third kappa shape index (κ3) is 2.42. The molecule has 7 heteroatoms. The van der Waals surface area contributed by atoms with Crippen LogP contribution >= 0.6 is 23.1 Å². The van der Waals surface area contributed by atoms with E-state index < -0.39 is 5.97 Å². The summed E-state index contributed by atoms with van der Waals surface area (Å²) in [4.78, 5) is 24.8. The summed E-state index contributed by atoms with van der Waals surface area (Å²) < 4.78 is 0. The number of aromatic nitrogens is 3. The second-order valence-corrected chi connectivity index (χ2v) is 5.56. The van der Waals surface area contributed by atoms with Crippen LogP contribution in [0.2, 0.25) is 0 Å². The maximum atomic E-state index is 10.9. The molecule has 0 radical (unpaired) electrons. The highest BCUT2D eigenvalue weighted by Gasteiger charge is 2.09. The molecule has 0 aliphatic carbocycles. The highest BCUT2D eigenvalue weighted by atomic mass is 32.2. The minimum absolute atomic E-state index is 0.0284. The molecule has 0 spiro atoms. The lowest BCUT2D eigenvalue weighted by Crippen LogP contribution is -1.99. The van der Waals surface area contributed by atoms with Crippen molar-refractivity contribution in [1.82, 2.24) is 15.0 Å². The van der Waals surface area contributed by atoms with E-state index in [9.17, 15) is 4.79 Å². The molecular weight excluding hydrogens is 282 g/mol. The van der Waals surface area contributed by atoms with Gasteiger partial charge in [0.1, 0.15) is 21.9 Å². The number of hydrogen-bond acceptors (Lipinski definition) is 6. The van der Waals surface area contributed by atoms with Crippen LogP contribution in [0.4, 0.5) is 0 Å². The van der Waals surface area contributed by atoms with Gasteiger partial charge in [-0.15, -0.1) is 11.3 Å². The Balaban J connectivity index is 1.99. The van der Waals surface area contributed by atoms with Crippen molar-refractivity contribution in [2.24, 2.45) is 0 Å². The summed E-state index contributed by atoms with van der Waals surface area (Å²) in [6, 6.07) is 5.26. The largest absolute Gasteiger partial charge is 0.477 e. The van der Waals surface area contributed by atoms with Gasteiger partial charge in [0.2, 0.25) is 0 Å². The van der Waals surface area contributed by atoms with E-state index in [1.807, 2.05) is 11.4 Å².